The second kappa shape index (κ2) is 7.93. The average Bonchev–Trinajstić information content (AvgIpc) is 2.65. The lowest BCUT2D eigenvalue weighted by Gasteiger charge is -2.17. The van der Waals surface area contributed by atoms with Gasteiger partial charge in [0.25, 0.3) is 0 Å². The lowest BCUT2D eigenvalue weighted by molar-refractivity contribution is -0.137. The van der Waals surface area contributed by atoms with E-state index in [2.05, 4.69) is 10.3 Å². The van der Waals surface area contributed by atoms with Gasteiger partial charge in [-0.05, 0) is 17.7 Å². The minimum absolute atomic E-state index is 0.0108. The molecule has 2 aromatic carbocycles. The zero-order valence-electron chi connectivity index (χ0n) is 14.6. The summed E-state index contributed by atoms with van der Waals surface area (Å²) in [5.74, 6) is 0.0486. The third kappa shape index (κ3) is 4.28. The van der Waals surface area contributed by atoms with E-state index < -0.39 is 22.3 Å². The maximum Gasteiger partial charge on any atom is 0.417 e. The minimum Gasteiger partial charge on any atom is -0.490 e. The first-order chi connectivity index (χ1) is 13.3. The van der Waals surface area contributed by atoms with Crippen molar-refractivity contribution in [3.05, 3.63) is 81.2 Å². The normalized spacial score (nSPS) is 11.3. The SMILES string of the molecule is COc1cn(Cc2ccccc2)c(Nc2cccc(C(F)(F)F)c2Cl)nc1=O. The number of halogens is 4. The summed E-state index contributed by atoms with van der Waals surface area (Å²) in [6.07, 6.45) is -3.17. The van der Waals surface area contributed by atoms with Crippen LogP contribution in [-0.4, -0.2) is 16.7 Å². The summed E-state index contributed by atoms with van der Waals surface area (Å²) in [4.78, 5) is 16.0. The molecule has 1 aromatic heterocycles. The number of nitrogens with zero attached hydrogens (tertiary/aromatic N) is 2. The van der Waals surface area contributed by atoms with Crippen molar-refractivity contribution < 1.29 is 17.9 Å². The van der Waals surface area contributed by atoms with Crippen LogP contribution in [0.25, 0.3) is 0 Å². The molecule has 9 heteroatoms. The number of anilines is 2. The van der Waals surface area contributed by atoms with Gasteiger partial charge in [-0.3, -0.25) is 4.79 Å². The predicted octanol–water partition coefficient (Wildman–Crippen LogP) is 4.72. The largest absolute Gasteiger partial charge is 0.490 e. The van der Waals surface area contributed by atoms with Crippen LogP contribution in [-0.2, 0) is 12.7 Å². The van der Waals surface area contributed by atoms with Crippen molar-refractivity contribution in [1.29, 1.82) is 0 Å². The van der Waals surface area contributed by atoms with Crippen LogP contribution >= 0.6 is 11.6 Å². The highest BCUT2D eigenvalue weighted by atomic mass is 35.5. The highest BCUT2D eigenvalue weighted by molar-refractivity contribution is 6.34. The number of hydrogen-bond donors (Lipinski definition) is 1. The molecule has 0 aliphatic carbocycles. The Morgan fingerprint density at radius 3 is 2.50 bits per heavy atom. The van der Waals surface area contributed by atoms with Gasteiger partial charge in [0.2, 0.25) is 11.7 Å². The van der Waals surface area contributed by atoms with Crippen LogP contribution in [0, 0.1) is 0 Å². The Bertz CT molecular complexity index is 1040. The third-order valence-corrected chi connectivity index (χ3v) is 4.34. The molecule has 3 aromatic rings. The quantitative estimate of drug-likeness (QED) is 0.662. The summed E-state index contributed by atoms with van der Waals surface area (Å²) in [5, 5.41) is 2.22. The van der Waals surface area contributed by atoms with Crippen molar-refractivity contribution in [3.8, 4) is 5.75 Å². The van der Waals surface area contributed by atoms with Crippen molar-refractivity contribution in [2.45, 2.75) is 12.7 Å². The number of methoxy groups -OCH3 is 1. The summed E-state index contributed by atoms with van der Waals surface area (Å²) in [7, 11) is 1.34. The lowest BCUT2D eigenvalue weighted by Crippen LogP contribution is -2.19. The van der Waals surface area contributed by atoms with Crippen molar-refractivity contribution >= 4 is 23.2 Å². The molecule has 0 unspecified atom stereocenters. The molecule has 0 bridgehead atoms. The maximum atomic E-state index is 13.1. The van der Waals surface area contributed by atoms with E-state index in [0.717, 1.165) is 11.6 Å². The molecule has 5 nitrogen and oxygen atoms in total. The molecule has 0 amide bonds. The van der Waals surface area contributed by atoms with Crippen LogP contribution in [0.5, 0.6) is 5.75 Å². The molecule has 0 aliphatic rings. The Balaban J connectivity index is 2.04. The van der Waals surface area contributed by atoms with Crippen molar-refractivity contribution in [1.82, 2.24) is 9.55 Å². The Hall–Kier alpha value is -3.00. The highest BCUT2D eigenvalue weighted by Crippen LogP contribution is 2.38. The zero-order valence-corrected chi connectivity index (χ0v) is 15.4. The van der Waals surface area contributed by atoms with E-state index in [9.17, 15) is 18.0 Å². The molecule has 1 heterocycles. The molecule has 1 N–H and O–H groups in total. The number of benzene rings is 2. The van der Waals surface area contributed by atoms with Gasteiger partial charge in [0.15, 0.2) is 0 Å². The Morgan fingerprint density at radius 1 is 1.14 bits per heavy atom. The molecular weight excluding hydrogens is 395 g/mol. The first-order valence-electron chi connectivity index (χ1n) is 8.11. The van der Waals surface area contributed by atoms with E-state index in [1.165, 1.54) is 25.4 Å². The molecular formula is C19H15ClF3N3O2. The van der Waals surface area contributed by atoms with Gasteiger partial charge in [-0.25, -0.2) is 0 Å². The van der Waals surface area contributed by atoms with Gasteiger partial charge in [-0.15, -0.1) is 0 Å². The number of nitrogens with one attached hydrogen (secondary N) is 1. The van der Waals surface area contributed by atoms with Gasteiger partial charge in [-0.1, -0.05) is 48.0 Å². The number of alkyl halides is 3. The topological polar surface area (TPSA) is 56.1 Å². The molecule has 146 valence electrons. The van der Waals surface area contributed by atoms with E-state index in [-0.39, 0.29) is 17.4 Å². The second-order valence-corrected chi connectivity index (χ2v) is 6.22. The van der Waals surface area contributed by atoms with Crippen molar-refractivity contribution in [3.63, 3.8) is 0 Å². The van der Waals surface area contributed by atoms with E-state index in [4.69, 9.17) is 16.3 Å². The number of aromatic nitrogens is 2. The van der Waals surface area contributed by atoms with E-state index in [1.54, 1.807) is 4.57 Å². The average molecular weight is 410 g/mol. The second-order valence-electron chi connectivity index (χ2n) is 5.84. The maximum absolute atomic E-state index is 13.1. The monoisotopic (exact) mass is 409 g/mol. The summed E-state index contributed by atoms with van der Waals surface area (Å²) in [6.45, 7) is 0.309. The molecule has 0 spiro atoms. The van der Waals surface area contributed by atoms with Gasteiger partial charge in [0, 0.05) is 0 Å². The van der Waals surface area contributed by atoms with E-state index in [0.29, 0.717) is 6.54 Å². The molecule has 0 fully saturated rings. The standard InChI is InChI=1S/C19H15ClF3N3O2/c1-28-15-11-26(10-12-6-3-2-4-7-12)18(25-17(15)27)24-14-9-5-8-13(16(14)20)19(21,22)23/h2-9,11H,10H2,1H3,(H,24,25,27). The van der Waals surface area contributed by atoms with E-state index >= 15 is 0 Å². The first kappa shape index (κ1) is 19.8. The van der Waals surface area contributed by atoms with Crippen LogP contribution in [0.1, 0.15) is 11.1 Å². The molecule has 0 saturated heterocycles. The molecule has 0 aliphatic heterocycles. The number of ether oxygens (including phenoxy) is 1. The van der Waals surface area contributed by atoms with Crippen LogP contribution in [0.15, 0.2) is 59.5 Å². The Morgan fingerprint density at radius 2 is 1.86 bits per heavy atom. The van der Waals surface area contributed by atoms with Crippen LogP contribution < -0.4 is 15.6 Å². The summed E-state index contributed by atoms with van der Waals surface area (Å²) >= 11 is 5.93. The molecule has 0 radical (unpaired) electrons. The van der Waals surface area contributed by atoms with Gasteiger partial charge in [0.1, 0.15) is 0 Å². The van der Waals surface area contributed by atoms with Crippen LogP contribution in [0.4, 0.5) is 24.8 Å². The van der Waals surface area contributed by atoms with Crippen LogP contribution in [0.3, 0.4) is 0 Å². The van der Waals surface area contributed by atoms with Crippen molar-refractivity contribution in [2.75, 3.05) is 12.4 Å². The summed E-state index contributed by atoms with van der Waals surface area (Å²) < 4.78 is 45.9. The van der Waals surface area contributed by atoms with Gasteiger partial charge < -0.3 is 14.6 Å². The van der Waals surface area contributed by atoms with Gasteiger partial charge in [-0.2, -0.15) is 18.2 Å². The Labute approximate surface area is 163 Å². The highest BCUT2D eigenvalue weighted by Gasteiger charge is 2.34. The van der Waals surface area contributed by atoms with Gasteiger partial charge in [0.05, 0.1) is 36.1 Å². The van der Waals surface area contributed by atoms with Gasteiger partial charge >= 0.3 is 11.7 Å². The predicted molar refractivity (Wildman–Crippen MR) is 100 cm³/mol. The fraction of sp³-hybridized carbons (Fsp3) is 0.158. The fourth-order valence-corrected chi connectivity index (χ4v) is 2.86. The smallest absolute Gasteiger partial charge is 0.417 e. The minimum atomic E-state index is -4.61. The van der Waals surface area contributed by atoms with E-state index in [1.807, 2.05) is 30.3 Å². The third-order valence-electron chi connectivity index (χ3n) is 3.93. The Kier molecular flexibility index (Phi) is 5.60. The molecule has 0 saturated carbocycles. The van der Waals surface area contributed by atoms with Crippen LogP contribution in [0.2, 0.25) is 5.02 Å². The summed E-state index contributed by atoms with van der Waals surface area (Å²) in [6, 6.07) is 12.8. The first-order valence-corrected chi connectivity index (χ1v) is 8.49. The molecule has 28 heavy (non-hydrogen) atoms. The summed E-state index contributed by atoms with van der Waals surface area (Å²) in [5.41, 5.74) is -0.759. The number of hydrogen-bond acceptors (Lipinski definition) is 4. The fourth-order valence-electron chi connectivity index (χ4n) is 2.58. The molecule has 3 rings (SSSR count). The van der Waals surface area contributed by atoms with Crippen molar-refractivity contribution in [2.24, 2.45) is 0 Å². The number of rotatable bonds is 5. The lowest BCUT2D eigenvalue weighted by atomic mass is 10.2. The molecule has 0 atom stereocenters. The zero-order chi connectivity index (χ0) is 20.3.